The molecule has 0 aliphatic heterocycles. The summed E-state index contributed by atoms with van der Waals surface area (Å²) < 4.78 is 13.2. The molecule has 1 amide bonds. The molecule has 7 heteroatoms. The molecule has 1 unspecified atom stereocenters. The van der Waals surface area contributed by atoms with Gasteiger partial charge in [-0.05, 0) is 36.8 Å². The van der Waals surface area contributed by atoms with Crippen molar-refractivity contribution in [3.8, 4) is 11.3 Å². The molecular weight excluding hydrogens is 349 g/mol. The summed E-state index contributed by atoms with van der Waals surface area (Å²) in [6, 6.07) is 13.1. The number of benzene rings is 2. The zero-order valence-electron chi connectivity index (χ0n) is 14.6. The molecule has 0 radical (unpaired) electrons. The van der Waals surface area contributed by atoms with Gasteiger partial charge >= 0.3 is 5.97 Å². The van der Waals surface area contributed by atoms with E-state index in [4.69, 9.17) is 0 Å². The molecule has 138 valence electrons. The van der Waals surface area contributed by atoms with Crippen molar-refractivity contribution < 1.29 is 19.1 Å². The van der Waals surface area contributed by atoms with E-state index in [1.54, 1.807) is 49.4 Å². The summed E-state index contributed by atoms with van der Waals surface area (Å²) in [5, 5.41) is 19.0. The van der Waals surface area contributed by atoms with Crippen LogP contribution < -0.4 is 5.32 Å². The van der Waals surface area contributed by atoms with Gasteiger partial charge in [-0.2, -0.15) is 5.10 Å². The largest absolute Gasteiger partial charge is 0.479 e. The van der Waals surface area contributed by atoms with Crippen LogP contribution in [0.1, 0.15) is 22.9 Å². The van der Waals surface area contributed by atoms with E-state index in [0.29, 0.717) is 28.1 Å². The number of nitrogens with zero attached hydrogens (tertiary/aromatic N) is 1. The fourth-order valence-corrected chi connectivity index (χ4v) is 2.82. The molecule has 0 saturated heterocycles. The number of H-pyrrole nitrogens is 1. The van der Waals surface area contributed by atoms with Crippen molar-refractivity contribution in [2.45, 2.75) is 19.4 Å². The van der Waals surface area contributed by atoms with Gasteiger partial charge < -0.3 is 10.4 Å². The van der Waals surface area contributed by atoms with E-state index < -0.39 is 17.9 Å². The molecule has 2 aromatic carbocycles. The van der Waals surface area contributed by atoms with Crippen LogP contribution in [0.3, 0.4) is 0 Å². The summed E-state index contributed by atoms with van der Waals surface area (Å²) in [5.41, 5.74) is 3.02. The molecule has 3 rings (SSSR count). The lowest BCUT2D eigenvalue weighted by Gasteiger charge is -2.15. The Morgan fingerprint density at radius 2 is 1.81 bits per heavy atom. The monoisotopic (exact) mass is 367 g/mol. The number of carboxylic acids is 1. The first-order chi connectivity index (χ1) is 13.0. The van der Waals surface area contributed by atoms with Crippen LogP contribution in [0.25, 0.3) is 11.3 Å². The Hall–Kier alpha value is -3.48. The van der Waals surface area contributed by atoms with Crippen molar-refractivity contribution in [1.82, 2.24) is 15.5 Å². The van der Waals surface area contributed by atoms with Gasteiger partial charge in [0.1, 0.15) is 5.82 Å². The molecule has 1 aromatic heterocycles. The number of amides is 1. The van der Waals surface area contributed by atoms with Crippen LogP contribution in [0, 0.1) is 12.7 Å². The number of halogens is 1. The minimum atomic E-state index is -1.14. The summed E-state index contributed by atoms with van der Waals surface area (Å²) in [7, 11) is 0. The second-order valence-electron chi connectivity index (χ2n) is 6.11. The van der Waals surface area contributed by atoms with Crippen molar-refractivity contribution in [2.24, 2.45) is 0 Å². The third-order valence-corrected chi connectivity index (χ3v) is 4.21. The van der Waals surface area contributed by atoms with Crippen LogP contribution in [0.15, 0.2) is 54.6 Å². The summed E-state index contributed by atoms with van der Waals surface area (Å²) >= 11 is 0. The Labute approximate surface area is 155 Å². The Kier molecular flexibility index (Phi) is 5.30. The molecule has 1 atom stereocenters. The smallest absolute Gasteiger partial charge is 0.330 e. The topological polar surface area (TPSA) is 95.1 Å². The molecule has 3 aromatic rings. The number of aryl methyl sites for hydroxylation is 1. The van der Waals surface area contributed by atoms with Gasteiger partial charge in [0.05, 0.1) is 12.1 Å². The van der Waals surface area contributed by atoms with Gasteiger partial charge in [-0.25, -0.2) is 9.18 Å². The van der Waals surface area contributed by atoms with Gasteiger partial charge in [-0.1, -0.05) is 30.3 Å². The van der Waals surface area contributed by atoms with Crippen LogP contribution >= 0.6 is 0 Å². The van der Waals surface area contributed by atoms with Crippen LogP contribution in [-0.4, -0.2) is 27.2 Å². The standard InChI is InChI=1S/C20H18FN3O3/c1-12-16(18(24-23-12)14-7-9-15(21)10-8-14)11-17(25)22-19(20(26)27)13-5-3-2-4-6-13/h2-10,19H,11H2,1H3,(H,22,25)(H,23,24)(H,26,27). The fraction of sp³-hybridized carbons (Fsp3) is 0.150. The highest BCUT2D eigenvalue weighted by atomic mass is 19.1. The minimum Gasteiger partial charge on any atom is -0.479 e. The van der Waals surface area contributed by atoms with Gasteiger partial charge in [0.2, 0.25) is 5.91 Å². The van der Waals surface area contributed by atoms with Crippen molar-refractivity contribution in [1.29, 1.82) is 0 Å². The number of carbonyl (C=O) groups is 2. The molecule has 27 heavy (non-hydrogen) atoms. The van der Waals surface area contributed by atoms with Gasteiger partial charge in [0.25, 0.3) is 0 Å². The number of aromatic amines is 1. The molecule has 0 aliphatic rings. The van der Waals surface area contributed by atoms with Crippen molar-refractivity contribution in [3.05, 3.63) is 77.2 Å². The molecule has 3 N–H and O–H groups in total. The lowest BCUT2D eigenvalue weighted by atomic mass is 10.0. The number of carboxylic acid groups (broad SMARTS) is 1. The molecule has 0 saturated carbocycles. The maximum atomic E-state index is 13.2. The lowest BCUT2D eigenvalue weighted by molar-refractivity contribution is -0.141. The normalized spacial score (nSPS) is 11.8. The maximum absolute atomic E-state index is 13.2. The molecule has 6 nitrogen and oxygen atoms in total. The third-order valence-electron chi connectivity index (χ3n) is 4.21. The first-order valence-corrected chi connectivity index (χ1v) is 8.32. The number of nitrogens with one attached hydrogen (secondary N) is 2. The van der Waals surface area contributed by atoms with Gasteiger partial charge in [-0.15, -0.1) is 0 Å². The van der Waals surface area contributed by atoms with Crippen molar-refractivity contribution in [2.75, 3.05) is 0 Å². The first-order valence-electron chi connectivity index (χ1n) is 8.32. The minimum absolute atomic E-state index is 0.0499. The Balaban J connectivity index is 1.81. The van der Waals surface area contributed by atoms with Crippen LogP contribution in [-0.2, 0) is 16.0 Å². The molecular formula is C20H18FN3O3. The van der Waals surface area contributed by atoms with E-state index in [9.17, 15) is 19.1 Å². The van der Waals surface area contributed by atoms with E-state index in [1.807, 2.05) is 0 Å². The molecule has 0 fully saturated rings. The van der Waals surface area contributed by atoms with Crippen molar-refractivity contribution in [3.63, 3.8) is 0 Å². The highest BCUT2D eigenvalue weighted by Gasteiger charge is 2.23. The predicted octanol–water partition coefficient (Wildman–Crippen LogP) is 3.01. The lowest BCUT2D eigenvalue weighted by Crippen LogP contribution is -2.34. The second-order valence-corrected chi connectivity index (χ2v) is 6.11. The van der Waals surface area contributed by atoms with E-state index in [2.05, 4.69) is 15.5 Å². The number of carbonyl (C=O) groups excluding carboxylic acids is 1. The molecule has 0 bridgehead atoms. The van der Waals surface area contributed by atoms with Gasteiger partial charge in [0.15, 0.2) is 6.04 Å². The SMILES string of the molecule is Cc1[nH]nc(-c2ccc(F)cc2)c1CC(=O)NC(C(=O)O)c1ccccc1. The predicted molar refractivity (Wildman–Crippen MR) is 97.4 cm³/mol. The van der Waals surface area contributed by atoms with E-state index in [-0.39, 0.29) is 12.2 Å². The van der Waals surface area contributed by atoms with Crippen LogP contribution in [0.2, 0.25) is 0 Å². The highest BCUT2D eigenvalue weighted by Crippen LogP contribution is 2.24. The van der Waals surface area contributed by atoms with Crippen LogP contribution in [0.5, 0.6) is 0 Å². The quantitative estimate of drug-likeness (QED) is 0.624. The Bertz CT molecular complexity index is 952. The average molecular weight is 367 g/mol. The van der Waals surface area contributed by atoms with Gasteiger partial charge in [-0.3, -0.25) is 9.89 Å². The zero-order chi connectivity index (χ0) is 19.4. The number of hydrogen-bond acceptors (Lipinski definition) is 3. The Morgan fingerprint density at radius 1 is 1.15 bits per heavy atom. The second kappa shape index (κ2) is 7.82. The summed E-state index contributed by atoms with van der Waals surface area (Å²) in [5.74, 6) is -1.95. The highest BCUT2D eigenvalue weighted by molar-refractivity contribution is 5.87. The number of hydrogen-bond donors (Lipinski definition) is 3. The van der Waals surface area contributed by atoms with Crippen molar-refractivity contribution >= 4 is 11.9 Å². The Morgan fingerprint density at radius 3 is 2.44 bits per heavy atom. The summed E-state index contributed by atoms with van der Waals surface area (Å²) in [4.78, 5) is 24.1. The molecule has 0 aliphatic carbocycles. The van der Waals surface area contributed by atoms with E-state index in [1.165, 1.54) is 12.1 Å². The summed E-state index contributed by atoms with van der Waals surface area (Å²) in [6.07, 6.45) is -0.0499. The van der Waals surface area contributed by atoms with Crippen LogP contribution in [0.4, 0.5) is 4.39 Å². The van der Waals surface area contributed by atoms with E-state index in [0.717, 1.165) is 0 Å². The first kappa shape index (κ1) is 18.3. The average Bonchev–Trinajstić information content (AvgIpc) is 3.01. The maximum Gasteiger partial charge on any atom is 0.330 e. The fourth-order valence-electron chi connectivity index (χ4n) is 2.82. The summed E-state index contributed by atoms with van der Waals surface area (Å²) in [6.45, 7) is 1.77. The third kappa shape index (κ3) is 4.20. The number of aliphatic carboxylic acids is 1. The molecule has 1 heterocycles. The molecule has 0 spiro atoms. The number of aromatic nitrogens is 2. The van der Waals surface area contributed by atoms with Gasteiger partial charge in [0, 0.05) is 16.8 Å². The van der Waals surface area contributed by atoms with E-state index >= 15 is 0 Å². The zero-order valence-corrected chi connectivity index (χ0v) is 14.6. The number of rotatable bonds is 6.